The van der Waals surface area contributed by atoms with Gasteiger partial charge < -0.3 is 21.9 Å². The van der Waals surface area contributed by atoms with Gasteiger partial charge in [0.1, 0.15) is 11.9 Å². The monoisotopic (exact) mass is 427 g/mol. The van der Waals surface area contributed by atoms with Gasteiger partial charge in [0.25, 0.3) is 0 Å². The van der Waals surface area contributed by atoms with E-state index < -0.39 is 0 Å². The number of fused-ring (bicyclic) bond motifs is 4. The topological polar surface area (TPSA) is 51.7 Å². The number of rotatable bonds is 6. The maximum absolute atomic E-state index is 12.7. The lowest BCUT2D eigenvalue weighted by Crippen LogP contribution is -3.00. The fourth-order valence-corrected chi connectivity index (χ4v) is 5.10. The summed E-state index contributed by atoms with van der Waals surface area (Å²) in [5.41, 5.74) is 1.94. The molecular weight excluding hydrogens is 400 g/mol. The zero-order chi connectivity index (χ0) is 20.0. The SMILES string of the molecule is C=CC1CN2CCC1CC2C(OC(=O)C1CC1)c1ccnc2ccc(OC)cc12.[Cl-]. The van der Waals surface area contributed by atoms with E-state index >= 15 is 0 Å². The minimum Gasteiger partial charge on any atom is -1.00 e. The van der Waals surface area contributed by atoms with E-state index in [4.69, 9.17) is 9.47 Å². The molecule has 3 aliphatic heterocycles. The Kier molecular flexibility index (Phi) is 6.03. The van der Waals surface area contributed by atoms with Crippen LogP contribution >= 0.6 is 0 Å². The van der Waals surface area contributed by atoms with Crippen molar-refractivity contribution in [2.24, 2.45) is 17.8 Å². The smallest absolute Gasteiger partial charge is 0.309 e. The molecule has 2 aromatic rings. The highest BCUT2D eigenvalue weighted by Gasteiger charge is 2.45. The predicted octanol–water partition coefficient (Wildman–Crippen LogP) is 1.14. The molecule has 3 saturated heterocycles. The van der Waals surface area contributed by atoms with Crippen molar-refractivity contribution in [1.29, 1.82) is 0 Å². The van der Waals surface area contributed by atoms with Gasteiger partial charge in [-0.1, -0.05) is 6.08 Å². The van der Waals surface area contributed by atoms with E-state index in [2.05, 4.69) is 22.5 Å². The highest BCUT2D eigenvalue weighted by atomic mass is 35.5. The fraction of sp³-hybridized carbons (Fsp3) is 0.500. The normalized spacial score (nSPS) is 28.4. The van der Waals surface area contributed by atoms with E-state index in [1.165, 1.54) is 6.42 Å². The zero-order valence-corrected chi connectivity index (χ0v) is 18.1. The molecule has 4 aliphatic rings. The molecule has 4 heterocycles. The van der Waals surface area contributed by atoms with E-state index in [9.17, 15) is 4.79 Å². The molecule has 2 bridgehead atoms. The summed E-state index contributed by atoms with van der Waals surface area (Å²) in [6.45, 7) is 6.10. The Hall–Kier alpha value is -2.11. The van der Waals surface area contributed by atoms with E-state index in [0.717, 1.165) is 54.6 Å². The molecule has 6 heteroatoms. The number of halogens is 1. The van der Waals surface area contributed by atoms with Crippen molar-refractivity contribution in [2.45, 2.75) is 37.8 Å². The Balaban J connectivity index is 0.00000218. The maximum atomic E-state index is 12.7. The van der Waals surface area contributed by atoms with Crippen LogP contribution in [0.5, 0.6) is 5.75 Å². The number of pyridine rings is 1. The average molecular weight is 428 g/mol. The molecule has 5 unspecified atom stereocenters. The second-order valence-electron chi connectivity index (χ2n) is 8.66. The van der Waals surface area contributed by atoms with Gasteiger partial charge in [0.2, 0.25) is 0 Å². The molecular formula is C24H28ClN2O3-. The number of ether oxygens (including phenoxy) is 2. The second-order valence-corrected chi connectivity index (χ2v) is 8.66. The fourth-order valence-electron chi connectivity index (χ4n) is 5.10. The molecule has 1 saturated carbocycles. The first-order valence-corrected chi connectivity index (χ1v) is 10.7. The summed E-state index contributed by atoms with van der Waals surface area (Å²) in [5.74, 6) is 1.97. The molecule has 1 aliphatic carbocycles. The van der Waals surface area contributed by atoms with Crippen LogP contribution in [0.15, 0.2) is 43.1 Å². The lowest BCUT2D eigenvalue weighted by molar-refractivity contribution is -0.158. The van der Waals surface area contributed by atoms with E-state index in [0.29, 0.717) is 11.8 Å². The summed E-state index contributed by atoms with van der Waals surface area (Å²) in [7, 11) is 1.67. The third-order valence-corrected chi connectivity index (χ3v) is 6.95. The van der Waals surface area contributed by atoms with Crippen molar-refractivity contribution in [2.75, 3.05) is 20.2 Å². The lowest BCUT2D eigenvalue weighted by Gasteiger charge is -2.51. The number of hydrogen-bond acceptors (Lipinski definition) is 5. The number of carbonyl (C=O) groups excluding carboxylic acids is 1. The molecule has 6 rings (SSSR count). The number of aromatic nitrogens is 1. The van der Waals surface area contributed by atoms with Crippen LogP contribution < -0.4 is 17.1 Å². The van der Waals surface area contributed by atoms with Gasteiger partial charge in [0.15, 0.2) is 0 Å². The minimum atomic E-state index is -0.283. The van der Waals surface area contributed by atoms with Crippen LogP contribution in [0, 0.1) is 17.8 Å². The number of benzene rings is 1. The van der Waals surface area contributed by atoms with Gasteiger partial charge in [-0.25, -0.2) is 0 Å². The van der Waals surface area contributed by atoms with Gasteiger partial charge in [0, 0.05) is 23.7 Å². The Morgan fingerprint density at radius 2 is 2.13 bits per heavy atom. The van der Waals surface area contributed by atoms with Gasteiger partial charge in [-0.2, -0.15) is 0 Å². The largest absolute Gasteiger partial charge is 1.00 e. The first-order valence-electron chi connectivity index (χ1n) is 10.7. The van der Waals surface area contributed by atoms with Crippen molar-refractivity contribution in [3.05, 3.63) is 48.7 Å². The highest BCUT2D eigenvalue weighted by Crippen LogP contribution is 2.44. The molecule has 0 radical (unpaired) electrons. The molecule has 1 aromatic carbocycles. The number of esters is 1. The van der Waals surface area contributed by atoms with Crippen molar-refractivity contribution in [3.8, 4) is 5.75 Å². The maximum Gasteiger partial charge on any atom is 0.309 e. The third kappa shape index (κ3) is 3.81. The van der Waals surface area contributed by atoms with Gasteiger partial charge in [0.05, 0.1) is 24.6 Å². The summed E-state index contributed by atoms with van der Waals surface area (Å²) in [6, 6.07) is 8.12. The van der Waals surface area contributed by atoms with Crippen molar-refractivity contribution >= 4 is 16.9 Å². The quantitative estimate of drug-likeness (QED) is 0.511. The van der Waals surface area contributed by atoms with Gasteiger partial charge in [-0.15, -0.1) is 6.58 Å². The molecule has 160 valence electrons. The summed E-state index contributed by atoms with van der Waals surface area (Å²) in [6.07, 6.45) is 7.77. The van der Waals surface area contributed by atoms with Crippen LogP contribution in [0.2, 0.25) is 0 Å². The Labute approximate surface area is 183 Å². The lowest BCUT2D eigenvalue weighted by atomic mass is 9.73. The summed E-state index contributed by atoms with van der Waals surface area (Å²) < 4.78 is 11.7. The van der Waals surface area contributed by atoms with E-state index in [-0.39, 0.29) is 36.4 Å². The van der Waals surface area contributed by atoms with Crippen LogP contribution in [0.4, 0.5) is 0 Å². The number of methoxy groups -OCH3 is 1. The second kappa shape index (κ2) is 8.56. The van der Waals surface area contributed by atoms with Gasteiger partial charge in [-0.05, 0) is 68.3 Å². The summed E-state index contributed by atoms with van der Waals surface area (Å²) >= 11 is 0. The van der Waals surface area contributed by atoms with Crippen molar-refractivity contribution in [3.63, 3.8) is 0 Å². The van der Waals surface area contributed by atoms with Crippen LogP contribution in [0.3, 0.4) is 0 Å². The summed E-state index contributed by atoms with van der Waals surface area (Å²) in [4.78, 5) is 19.7. The summed E-state index contributed by atoms with van der Waals surface area (Å²) in [5, 5.41) is 1.00. The van der Waals surface area contributed by atoms with E-state index in [1.54, 1.807) is 7.11 Å². The zero-order valence-electron chi connectivity index (χ0n) is 17.3. The molecule has 4 fully saturated rings. The van der Waals surface area contributed by atoms with Gasteiger partial charge in [-0.3, -0.25) is 14.7 Å². The molecule has 0 spiro atoms. The van der Waals surface area contributed by atoms with Gasteiger partial charge >= 0.3 is 5.97 Å². The minimum absolute atomic E-state index is 0. The predicted molar refractivity (Wildman–Crippen MR) is 112 cm³/mol. The number of carbonyl (C=O) groups is 1. The Morgan fingerprint density at radius 3 is 2.80 bits per heavy atom. The van der Waals surface area contributed by atoms with Crippen LogP contribution in [0.25, 0.3) is 10.9 Å². The first kappa shape index (κ1) is 21.1. The molecule has 30 heavy (non-hydrogen) atoms. The molecule has 5 atom stereocenters. The van der Waals surface area contributed by atoms with Crippen LogP contribution in [-0.4, -0.2) is 42.1 Å². The molecule has 5 nitrogen and oxygen atoms in total. The van der Waals surface area contributed by atoms with Crippen LogP contribution in [-0.2, 0) is 9.53 Å². The highest BCUT2D eigenvalue weighted by molar-refractivity contribution is 5.84. The standard InChI is InChI=1S/C24H28N2O3.ClH/c1-3-15-14-26-11-9-17(15)12-22(26)23(29-24(27)16-4-5-16)19-8-10-25-21-7-6-18(28-2)13-20(19)21;/h3,6-8,10,13,15-17,22-23H,1,4-5,9,11-12,14H2,2H3;1H/p-1. The molecule has 0 amide bonds. The van der Waals surface area contributed by atoms with Crippen LogP contribution in [0.1, 0.15) is 37.4 Å². The first-order chi connectivity index (χ1) is 14.2. The number of hydrogen-bond donors (Lipinski definition) is 0. The Bertz CT molecular complexity index is 945. The van der Waals surface area contributed by atoms with Crippen molar-refractivity contribution < 1.29 is 26.7 Å². The Morgan fingerprint density at radius 1 is 1.30 bits per heavy atom. The van der Waals surface area contributed by atoms with Crippen molar-refractivity contribution in [1.82, 2.24) is 9.88 Å². The molecule has 0 N–H and O–H groups in total. The number of nitrogens with zero attached hydrogens (tertiary/aromatic N) is 2. The third-order valence-electron chi connectivity index (χ3n) is 6.95. The van der Waals surface area contributed by atoms with E-state index in [1.807, 2.05) is 30.5 Å². The average Bonchev–Trinajstić information content (AvgIpc) is 3.62. The number of piperidine rings is 3. The molecule has 1 aromatic heterocycles.